The van der Waals surface area contributed by atoms with Gasteiger partial charge in [-0.25, -0.2) is 9.67 Å². The van der Waals surface area contributed by atoms with Gasteiger partial charge in [-0.05, 0) is 61.9 Å². The zero-order chi connectivity index (χ0) is 26.8. The predicted molar refractivity (Wildman–Crippen MR) is 155 cm³/mol. The highest BCUT2D eigenvalue weighted by molar-refractivity contribution is 8.18. The topological polar surface area (TPSA) is 72.0 Å². The lowest BCUT2D eigenvalue weighted by Gasteiger charge is -2.08. The number of nitrogens with zero attached hydrogens (tertiary/aromatic N) is 5. The molecule has 1 aromatic heterocycles. The Labute approximate surface area is 225 Å². The minimum atomic E-state index is -0.297. The number of hydrazone groups is 1. The van der Waals surface area contributed by atoms with Gasteiger partial charge in [-0.2, -0.15) is 10.1 Å². The zero-order valence-corrected chi connectivity index (χ0v) is 22.4. The largest absolute Gasteiger partial charge is 0.297 e. The normalized spacial score (nSPS) is 15.9. The highest BCUT2D eigenvalue weighted by Gasteiger charge is 2.34. The predicted octanol–water partition coefficient (Wildman–Crippen LogP) is 5.74. The summed E-state index contributed by atoms with van der Waals surface area (Å²) in [5.74, 6) is -0.297. The number of amides is 1. The van der Waals surface area contributed by atoms with Crippen molar-refractivity contribution >= 4 is 40.8 Å². The van der Waals surface area contributed by atoms with Crippen LogP contribution in [0.25, 0.3) is 11.8 Å². The molecule has 1 aliphatic heterocycles. The van der Waals surface area contributed by atoms with E-state index in [-0.39, 0.29) is 17.2 Å². The minimum absolute atomic E-state index is 0.263. The van der Waals surface area contributed by atoms with Crippen molar-refractivity contribution < 1.29 is 4.79 Å². The van der Waals surface area contributed by atoms with E-state index >= 15 is 0 Å². The van der Waals surface area contributed by atoms with Gasteiger partial charge in [0.15, 0.2) is 10.9 Å². The summed E-state index contributed by atoms with van der Waals surface area (Å²) in [6.45, 7) is 5.87. The molecule has 8 heteroatoms. The zero-order valence-electron chi connectivity index (χ0n) is 21.6. The van der Waals surface area contributed by atoms with Gasteiger partial charge in [0.25, 0.3) is 11.5 Å². The molecule has 38 heavy (non-hydrogen) atoms. The van der Waals surface area contributed by atoms with E-state index in [4.69, 9.17) is 4.99 Å². The van der Waals surface area contributed by atoms with Crippen LogP contribution < -0.4 is 5.56 Å². The molecule has 1 saturated heterocycles. The Morgan fingerprint density at radius 2 is 1.39 bits per heavy atom. The highest BCUT2D eigenvalue weighted by Crippen LogP contribution is 2.34. The van der Waals surface area contributed by atoms with Crippen LogP contribution in [0.15, 0.2) is 98.7 Å². The summed E-state index contributed by atoms with van der Waals surface area (Å²) < 4.78 is 3.33. The van der Waals surface area contributed by atoms with Crippen molar-refractivity contribution in [3.63, 3.8) is 0 Å². The summed E-state index contributed by atoms with van der Waals surface area (Å²) in [5, 5.41) is 6.07. The van der Waals surface area contributed by atoms with E-state index in [0.29, 0.717) is 15.8 Å². The maximum Gasteiger partial charge on any atom is 0.297 e. The molecular formula is C30H27N5O2S. The van der Waals surface area contributed by atoms with Crippen LogP contribution >= 0.6 is 11.8 Å². The summed E-state index contributed by atoms with van der Waals surface area (Å²) >= 11 is 1.20. The van der Waals surface area contributed by atoms with E-state index in [0.717, 1.165) is 27.9 Å². The van der Waals surface area contributed by atoms with Crippen molar-refractivity contribution in [2.24, 2.45) is 17.1 Å². The van der Waals surface area contributed by atoms with Gasteiger partial charge in [-0.1, -0.05) is 77.9 Å². The Bertz CT molecular complexity index is 1640. The van der Waals surface area contributed by atoms with E-state index in [2.05, 4.69) is 5.10 Å². The van der Waals surface area contributed by atoms with E-state index in [1.807, 2.05) is 113 Å². The molecule has 0 saturated carbocycles. The second-order valence-electron chi connectivity index (χ2n) is 9.10. The Balaban J connectivity index is 1.59. The Hall–Kier alpha value is -4.43. The van der Waals surface area contributed by atoms with Crippen LogP contribution in [0.4, 0.5) is 5.69 Å². The minimum Gasteiger partial charge on any atom is -0.283 e. The molecule has 0 radical (unpaired) electrons. The van der Waals surface area contributed by atoms with Gasteiger partial charge in [0, 0.05) is 7.05 Å². The summed E-state index contributed by atoms with van der Waals surface area (Å²) in [6.07, 6.45) is 3.45. The second-order valence-corrected chi connectivity index (χ2v) is 10.1. The Morgan fingerprint density at radius 3 is 2.03 bits per heavy atom. The van der Waals surface area contributed by atoms with Crippen LogP contribution in [0.1, 0.15) is 27.9 Å². The van der Waals surface area contributed by atoms with Crippen molar-refractivity contribution in [2.45, 2.75) is 20.8 Å². The van der Waals surface area contributed by atoms with Gasteiger partial charge >= 0.3 is 0 Å². The van der Waals surface area contributed by atoms with Crippen LogP contribution in [0.3, 0.4) is 0 Å². The number of carbonyl (C=O) groups is 1. The molecule has 0 bridgehead atoms. The average Bonchev–Trinajstić information content (AvgIpc) is 3.32. The molecule has 1 amide bonds. The molecule has 0 unspecified atom stereocenters. The van der Waals surface area contributed by atoms with Crippen molar-refractivity contribution in [3.8, 4) is 5.69 Å². The van der Waals surface area contributed by atoms with E-state index < -0.39 is 0 Å². The standard InChI is InChI=1S/C30H27N5O2S/c1-20-10-14-23(15-11-20)18-26-28(36)34(31-19-24-16-12-21(2)13-17-24)30(38-26)32-27-22(3)33(4)35(29(27)37)25-8-6-5-7-9-25/h5-19H,1-4H3/b26-18-,31-19?,32-30?. The average molecular weight is 522 g/mol. The number of carbonyl (C=O) groups excluding carboxylic acids is 1. The van der Waals surface area contributed by atoms with Crippen molar-refractivity contribution in [1.82, 2.24) is 14.4 Å². The number of hydrogen-bond acceptors (Lipinski definition) is 5. The maximum atomic E-state index is 13.5. The Morgan fingerprint density at radius 1 is 0.789 bits per heavy atom. The molecule has 5 rings (SSSR count). The molecule has 4 aromatic rings. The molecule has 0 N–H and O–H groups in total. The maximum absolute atomic E-state index is 13.5. The quantitative estimate of drug-likeness (QED) is 0.248. The first-order chi connectivity index (χ1) is 18.3. The fourth-order valence-corrected chi connectivity index (χ4v) is 4.93. The van der Waals surface area contributed by atoms with Gasteiger partial charge < -0.3 is 0 Å². The van der Waals surface area contributed by atoms with Crippen LogP contribution in [-0.4, -0.2) is 31.7 Å². The number of aromatic nitrogens is 2. The summed E-state index contributed by atoms with van der Waals surface area (Å²) in [5.41, 5.74) is 5.43. The van der Waals surface area contributed by atoms with E-state index in [1.54, 1.807) is 15.6 Å². The van der Waals surface area contributed by atoms with E-state index in [9.17, 15) is 9.59 Å². The lowest BCUT2D eigenvalue weighted by molar-refractivity contribution is -0.122. The first-order valence-corrected chi connectivity index (χ1v) is 13.0. The monoisotopic (exact) mass is 521 g/mol. The van der Waals surface area contributed by atoms with Crippen molar-refractivity contribution in [3.05, 3.63) is 122 Å². The molecule has 0 atom stereocenters. The second kappa shape index (κ2) is 10.5. The van der Waals surface area contributed by atoms with Gasteiger partial charge in [-0.15, -0.1) is 0 Å². The van der Waals surface area contributed by atoms with E-state index in [1.165, 1.54) is 16.8 Å². The third-order valence-electron chi connectivity index (χ3n) is 6.29. The van der Waals surface area contributed by atoms with Crippen LogP contribution in [0.2, 0.25) is 0 Å². The van der Waals surface area contributed by atoms with Crippen molar-refractivity contribution in [1.29, 1.82) is 0 Å². The molecule has 1 aliphatic rings. The third kappa shape index (κ3) is 5.03. The summed E-state index contributed by atoms with van der Waals surface area (Å²) in [7, 11) is 1.82. The third-order valence-corrected chi connectivity index (χ3v) is 7.25. The molecule has 190 valence electrons. The smallest absolute Gasteiger partial charge is 0.283 e. The highest BCUT2D eigenvalue weighted by atomic mass is 32.2. The lowest BCUT2D eigenvalue weighted by Crippen LogP contribution is -2.24. The number of amidine groups is 1. The number of hydrogen-bond donors (Lipinski definition) is 0. The van der Waals surface area contributed by atoms with Crippen LogP contribution in [0, 0.1) is 20.8 Å². The summed E-state index contributed by atoms with van der Waals surface area (Å²) in [4.78, 5) is 32.1. The number of benzene rings is 3. The van der Waals surface area contributed by atoms with Gasteiger partial charge in [0.05, 0.1) is 22.5 Å². The molecule has 0 aliphatic carbocycles. The summed E-state index contributed by atoms with van der Waals surface area (Å²) in [6, 6.07) is 25.2. The van der Waals surface area contributed by atoms with Gasteiger partial charge in [0.2, 0.25) is 0 Å². The van der Waals surface area contributed by atoms with Crippen LogP contribution in [0.5, 0.6) is 0 Å². The number of aliphatic imine (C=N–C) groups is 1. The lowest BCUT2D eigenvalue weighted by atomic mass is 10.1. The van der Waals surface area contributed by atoms with Gasteiger partial charge in [-0.3, -0.25) is 14.3 Å². The fraction of sp³-hybridized carbons (Fsp3) is 0.133. The molecule has 3 aromatic carbocycles. The Kier molecular flexibility index (Phi) is 6.98. The molecule has 0 spiro atoms. The van der Waals surface area contributed by atoms with Crippen molar-refractivity contribution in [2.75, 3.05) is 0 Å². The fourth-order valence-electron chi connectivity index (χ4n) is 4.01. The molecule has 2 heterocycles. The SMILES string of the molecule is Cc1ccc(C=NN2C(=O)/C(=C/c3ccc(C)cc3)SC2=Nc2c(C)n(C)n(-c3ccccc3)c2=O)cc1. The number of para-hydroxylation sites is 1. The molecule has 1 fully saturated rings. The molecule has 7 nitrogen and oxygen atoms in total. The number of aryl methyl sites for hydroxylation is 2. The molecular weight excluding hydrogens is 494 g/mol. The van der Waals surface area contributed by atoms with Gasteiger partial charge in [0.1, 0.15) is 0 Å². The first kappa shape index (κ1) is 25.2. The number of rotatable bonds is 5. The first-order valence-electron chi connectivity index (χ1n) is 12.2. The number of thioether (sulfide) groups is 1. The van der Waals surface area contributed by atoms with Crippen LogP contribution in [-0.2, 0) is 11.8 Å².